The van der Waals surface area contributed by atoms with Gasteiger partial charge >= 0.3 is 5.97 Å². The SMILES string of the molecule is COc1ccc(-c2ccc(S(=O)(=O)NC(CC(C)(O)CCSc3nccn3C)C(=O)O)cc2)cc1. The summed E-state index contributed by atoms with van der Waals surface area (Å²) in [6, 6.07) is 12.0. The molecule has 2 aromatic carbocycles. The number of imidazole rings is 1. The van der Waals surface area contributed by atoms with E-state index in [1.54, 1.807) is 43.8 Å². The molecule has 1 aromatic heterocycles. The van der Waals surface area contributed by atoms with Gasteiger partial charge in [0.2, 0.25) is 10.0 Å². The van der Waals surface area contributed by atoms with E-state index in [0.717, 1.165) is 16.3 Å². The lowest BCUT2D eigenvalue weighted by atomic mass is 9.95. The number of carboxylic acid groups (broad SMARTS) is 1. The minimum atomic E-state index is -4.13. The zero-order valence-corrected chi connectivity index (χ0v) is 21.3. The number of rotatable bonds is 12. The molecule has 11 heteroatoms. The molecule has 188 valence electrons. The number of sulfonamides is 1. The van der Waals surface area contributed by atoms with Crippen LogP contribution < -0.4 is 9.46 Å². The molecule has 0 aliphatic heterocycles. The van der Waals surface area contributed by atoms with Gasteiger partial charge in [0.1, 0.15) is 11.8 Å². The minimum Gasteiger partial charge on any atom is -0.497 e. The highest BCUT2D eigenvalue weighted by molar-refractivity contribution is 7.99. The molecule has 3 aromatic rings. The Kier molecular flexibility index (Phi) is 8.60. The van der Waals surface area contributed by atoms with Crippen molar-refractivity contribution in [2.75, 3.05) is 12.9 Å². The average Bonchev–Trinajstić information content (AvgIpc) is 3.23. The van der Waals surface area contributed by atoms with E-state index in [-0.39, 0.29) is 17.7 Å². The number of methoxy groups -OCH3 is 1. The maximum Gasteiger partial charge on any atom is 0.321 e. The molecule has 0 bridgehead atoms. The van der Waals surface area contributed by atoms with E-state index < -0.39 is 27.6 Å². The van der Waals surface area contributed by atoms with E-state index in [2.05, 4.69) is 9.71 Å². The first kappa shape index (κ1) is 26.7. The van der Waals surface area contributed by atoms with Crippen molar-refractivity contribution in [1.29, 1.82) is 0 Å². The van der Waals surface area contributed by atoms with Gasteiger partial charge in [-0.3, -0.25) is 4.79 Å². The molecule has 0 radical (unpaired) electrons. The fourth-order valence-electron chi connectivity index (χ4n) is 3.44. The number of thioether (sulfide) groups is 1. The van der Waals surface area contributed by atoms with Crippen molar-refractivity contribution in [3.05, 3.63) is 60.9 Å². The number of hydrogen-bond donors (Lipinski definition) is 3. The van der Waals surface area contributed by atoms with Crippen LogP contribution in [0.25, 0.3) is 11.1 Å². The maximum atomic E-state index is 12.9. The number of nitrogens with zero attached hydrogens (tertiary/aromatic N) is 2. The lowest BCUT2D eigenvalue weighted by Gasteiger charge is -2.27. The Labute approximate surface area is 209 Å². The van der Waals surface area contributed by atoms with Gasteiger partial charge in [-0.05, 0) is 48.7 Å². The predicted octanol–water partition coefficient (Wildman–Crippen LogP) is 3.15. The molecule has 2 atom stereocenters. The van der Waals surface area contributed by atoms with Crippen molar-refractivity contribution in [1.82, 2.24) is 14.3 Å². The minimum absolute atomic E-state index is 0.0639. The van der Waals surface area contributed by atoms with Gasteiger partial charge in [0.25, 0.3) is 0 Å². The molecular formula is C24H29N3O6S2. The normalized spacial score (nSPS) is 14.3. The Morgan fingerprint density at radius 2 is 1.77 bits per heavy atom. The second-order valence-electron chi connectivity index (χ2n) is 8.39. The molecule has 1 heterocycles. The molecule has 35 heavy (non-hydrogen) atoms. The largest absolute Gasteiger partial charge is 0.497 e. The number of nitrogens with one attached hydrogen (secondary N) is 1. The van der Waals surface area contributed by atoms with Gasteiger partial charge in [0.15, 0.2) is 5.16 Å². The summed E-state index contributed by atoms with van der Waals surface area (Å²) in [7, 11) is -0.699. The lowest BCUT2D eigenvalue weighted by molar-refractivity contribution is -0.140. The highest BCUT2D eigenvalue weighted by Gasteiger charge is 2.33. The summed E-state index contributed by atoms with van der Waals surface area (Å²) in [5, 5.41) is 21.2. The van der Waals surface area contributed by atoms with E-state index in [1.807, 2.05) is 23.7 Å². The molecule has 3 N–H and O–H groups in total. The van der Waals surface area contributed by atoms with Gasteiger partial charge in [-0.1, -0.05) is 36.0 Å². The van der Waals surface area contributed by atoms with Crippen LogP contribution in [0.15, 0.2) is 71.0 Å². The van der Waals surface area contributed by atoms with Crippen LogP contribution in [0.5, 0.6) is 5.75 Å². The highest BCUT2D eigenvalue weighted by Crippen LogP contribution is 2.26. The second kappa shape index (κ2) is 11.3. The Morgan fingerprint density at radius 3 is 2.29 bits per heavy atom. The quantitative estimate of drug-likeness (QED) is 0.311. The summed E-state index contributed by atoms with van der Waals surface area (Å²) in [5.74, 6) is -0.160. The van der Waals surface area contributed by atoms with Crippen LogP contribution in [0, 0.1) is 0 Å². The summed E-state index contributed by atoms with van der Waals surface area (Å²) in [4.78, 5) is 15.9. The number of aromatic nitrogens is 2. The number of carboxylic acids is 1. The fourth-order valence-corrected chi connectivity index (χ4v) is 5.75. The molecule has 0 amide bonds. The molecule has 3 rings (SSSR count). The van der Waals surface area contributed by atoms with Crippen LogP contribution in [0.4, 0.5) is 0 Å². The molecule has 0 spiro atoms. The topological polar surface area (TPSA) is 131 Å². The predicted molar refractivity (Wildman–Crippen MR) is 134 cm³/mol. The number of aryl methyl sites for hydroxylation is 1. The number of carbonyl (C=O) groups is 1. The third-order valence-corrected chi connectivity index (χ3v) is 8.02. The molecule has 0 aliphatic rings. The Morgan fingerprint density at radius 1 is 1.17 bits per heavy atom. The first-order valence-corrected chi connectivity index (χ1v) is 13.3. The van der Waals surface area contributed by atoms with Gasteiger partial charge in [0, 0.05) is 31.6 Å². The summed E-state index contributed by atoms with van der Waals surface area (Å²) in [6.45, 7) is 1.50. The van der Waals surface area contributed by atoms with Crippen molar-refractivity contribution in [2.24, 2.45) is 7.05 Å². The van der Waals surface area contributed by atoms with Gasteiger partial charge in [-0.2, -0.15) is 4.72 Å². The first-order valence-electron chi connectivity index (χ1n) is 10.8. The van der Waals surface area contributed by atoms with Crippen LogP contribution in [-0.4, -0.2) is 58.7 Å². The summed E-state index contributed by atoms with van der Waals surface area (Å²) in [6.07, 6.45) is 3.44. The van der Waals surface area contributed by atoms with Gasteiger partial charge in [-0.25, -0.2) is 13.4 Å². The van der Waals surface area contributed by atoms with Crippen LogP contribution >= 0.6 is 11.8 Å². The molecule has 0 saturated heterocycles. The van der Waals surface area contributed by atoms with Crippen LogP contribution in [0.3, 0.4) is 0 Å². The highest BCUT2D eigenvalue weighted by atomic mass is 32.2. The van der Waals surface area contributed by atoms with Gasteiger partial charge in [-0.15, -0.1) is 0 Å². The van der Waals surface area contributed by atoms with E-state index in [0.29, 0.717) is 11.5 Å². The van der Waals surface area contributed by atoms with E-state index in [4.69, 9.17) is 4.74 Å². The number of benzene rings is 2. The maximum absolute atomic E-state index is 12.9. The number of aliphatic carboxylic acids is 1. The number of hydrogen-bond acceptors (Lipinski definition) is 7. The lowest BCUT2D eigenvalue weighted by Crippen LogP contribution is -2.46. The summed E-state index contributed by atoms with van der Waals surface area (Å²) < 4.78 is 35.0. The molecule has 0 aliphatic carbocycles. The van der Waals surface area contributed by atoms with Crippen molar-refractivity contribution in [3.63, 3.8) is 0 Å². The molecule has 0 saturated carbocycles. The second-order valence-corrected chi connectivity index (χ2v) is 11.2. The van der Waals surface area contributed by atoms with Crippen molar-refractivity contribution in [3.8, 4) is 16.9 Å². The zero-order chi connectivity index (χ0) is 25.6. The standard InChI is InChI=1S/C24H29N3O6S2/c1-24(30,12-15-34-23-25-13-14-27(23)2)16-21(22(28)29)26-35(31,32)20-10-6-18(7-11-20)17-4-8-19(33-3)9-5-17/h4-11,13-14,21,26,30H,12,15-16H2,1-3H3,(H,28,29). The number of ether oxygens (including phenoxy) is 1. The Hall–Kier alpha value is -2.86. The average molecular weight is 520 g/mol. The molecule has 0 fully saturated rings. The first-order chi connectivity index (χ1) is 16.5. The van der Waals surface area contributed by atoms with Crippen molar-refractivity contribution < 1.29 is 28.2 Å². The smallest absolute Gasteiger partial charge is 0.321 e. The van der Waals surface area contributed by atoms with Crippen LogP contribution in [-0.2, 0) is 21.9 Å². The van der Waals surface area contributed by atoms with Gasteiger partial charge < -0.3 is 19.5 Å². The van der Waals surface area contributed by atoms with Crippen LogP contribution in [0.1, 0.15) is 19.8 Å². The fraction of sp³-hybridized carbons (Fsp3) is 0.333. The number of aliphatic hydroxyl groups is 1. The van der Waals surface area contributed by atoms with E-state index in [1.165, 1.54) is 30.8 Å². The molecular weight excluding hydrogens is 490 g/mol. The zero-order valence-electron chi connectivity index (χ0n) is 19.7. The third kappa shape index (κ3) is 7.31. The summed E-state index contributed by atoms with van der Waals surface area (Å²) in [5.41, 5.74) is 0.280. The monoisotopic (exact) mass is 519 g/mol. The van der Waals surface area contributed by atoms with E-state index >= 15 is 0 Å². The van der Waals surface area contributed by atoms with Crippen molar-refractivity contribution in [2.45, 2.75) is 41.5 Å². The Balaban J connectivity index is 1.65. The van der Waals surface area contributed by atoms with Crippen molar-refractivity contribution >= 4 is 27.8 Å². The van der Waals surface area contributed by atoms with Gasteiger partial charge in [0.05, 0.1) is 17.6 Å². The Bertz CT molecular complexity index is 1240. The molecule has 9 nitrogen and oxygen atoms in total. The third-order valence-electron chi connectivity index (χ3n) is 5.48. The van der Waals surface area contributed by atoms with Crippen LogP contribution in [0.2, 0.25) is 0 Å². The summed E-state index contributed by atoms with van der Waals surface area (Å²) >= 11 is 1.43. The van der Waals surface area contributed by atoms with E-state index in [9.17, 15) is 23.4 Å². The molecule has 2 unspecified atom stereocenters.